The highest BCUT2D eigenvalue weighted by Crippen LogP contribution is 2.41. The van der Waals surface area contributed by atoms with Crippen molar-refractivity contribution in [1.29, 1.82) is 0 Å². The molecule has 0 spiro atoms. The molecule has 0 radical (unpaired) electrons. The summed E-state index contributed by atoms with van der Waals surface area (Å²) in [5.41, 5.74) is -0.761. The minimum absolute atomic E-state index is 0.0333. The van der Waals surface area contributed by atoms with Gasteiger partial charge in [0.25, 0.3) is 0 Å². The van der Waals surface area contributed by atoms with Crippen molar-refractivity contribution in [3.8, 4) is 11.5 Å². The average molecular weight is 217 g/mol. The lowest BCUT2D eigenvalue weighted by Crippen LogP contribution is -2.17. The highest BCUT2D eigenvalue weighted by atomic mass is 35.5. The quantitative estimate of drug-likeness (QED) is 0.798. The van der Waals surface area contributed by atoms with Crippen LogP contribution in [0.15, 0.2) is 12.1 Å². The standard InChI is InChI=1S/C10H13ClO3/c1-10(2,13)8-6(11)4-5-7(12)9(8)14-3/h4-5,12-13H,1-3H3. The van der Waals surface area contributed by atoms with Gasteiger partial charge in [-0.05, 0) is 26.0 Å². The van der Waals surface area contributed by atoms with Crippen molar-refractivity contribution >= 4 is 11.6 Å². The minimum atomic E-state index is -1.15. The molecule has 14 heavy (non-hydrogen) atoms. The molecule has 78 valence electrons. The van der Waals surface area contributed by atoms with Gasteiger partial charge in [-0.25, -0.2) is 0 Å². The van der Waals surface area contributed by atoms with Gasteiger partial charge in [0, 0.05) is 5.56 Å². The second-order valence-corrected chi connectivity index (χ2v) is 3.94. The maximum absolute atomic E-state index is 9.83. The zero-order valence-electron chi connectivity index (χ0n) is 8.34. The van der Waals surface area contributed by atoms with Crippen molar-refractivity contribution in [2.24, 2.45) is 0 Å². The third-order valence-electron chi connectivity index (χ3n) is 1.90. The number of phenols is 1. The number of hydrogen-bond acceptors (Lipinski definition) is 3. The summed E-state index contributed by atoms with van der Waals surface area (Å²) in [6, 6.07) is 2.95. The van der Waals surface area contributed by atoms with E-state index in [1.807, 2.05) is 0 Å². The van der Waals surface area contributed by atoms with Crippen LogP contribution in [0.3, 0.4) is 0 Å². The molecule has 0 atom stereocenters. The Balaban J connectivity index is 3.46. The molecule has 0 aliphatic heterocycles. The maximum Gasteiger partial charge on any atom is 0.168 e. The average Bonchev–Trinajstić information content (AvgIpc) is 2.06. The van der Waals surface area contributed by atoms with Crippen LogP contribution in [0.25, 0.3) is 0 Å². The highest BCUT2D eigenvalue weighted by Gasteiger charge is 2.26. The maximum atomic E-state index is 9.83. The van der Waals surface area contributed by atoms with E-state index in [1.54, 1.807) is 13.8 Å². The molecule has 0 aromatic heterocycles. The lowest BCUT2D eigenvalue weighted by molar-refractivity contribution is 0.0752. The van der Waals surface area contributed by atoms with Gasteiger partial charge in [0.1, 0.15) is 0 Å². The molecular weight excluding hydrogens is 204 g/mol. The molecule has 1 rings (SSSR count). The Labute approximate surface area is 87.9 Å². The van der Waals surface area contributed by atoms with E-state index >= 15 is 0 Å². The van der Waals surface area contributed by atoms with Crippen molar-refractivity contribution < 1.29 is 14.9 Å². The summed E-state index contributed by atoms with van der Waals surface area (Å²) in [7, 11) is 1.42. The first kappa shape index (κ1) is 11.1. The third kappa shape index (κ3) is 1.94. The van der Waals surface area contributed by atoms with Gasteiger partial charge in [0.05, 0.1) is 17.7 Å². The molecule has 2 N–H and O–H groups in total. The summed E-state index contributed by atoms with van der Waals surface area (Å²) in [5, 5.41) is 19.7. The Morgan fingerprint density at radius 3 is 2.29 bits per heavy atom. The van der Waals surface area contributed by atoms with Gasteiger partial charge < -0.3 is 14.9 Å². The lowest BCUT2D eigenvalue weighted by atomic mass is 9.97. The first-order valence-electron chi connectivity index (χ1n) is 4.16. The molecule has 1 aromatic rings. The number of rotatable bonds is 2. The normalized spacial score (nSPS) is 11.5. The van der Waals surface area contributed by atoms with E-state index in [9.17, 15) is 10.2 Å². The van der Waals surface area contributed by atoms with Crippen LogP contribution in [-0.4, -0.2) is 17.3 Å². The SMILES string of the molecule is COc1c(O)ccc(Cl)c1C(C)(C)O. The Morgan fingerprint density at radius 1 is 1.36 bits per heavy atom. The van der Waals surface area contributed by atoms with Gasteiger partial charge in [-0.15, -0.1) is 0 Å². The van der Waals surface area contributed by atoms with Gasteiger partial charge >= 0.3 is 0 Å². The van der Waals surface area contributed by atoms with Gasteiger partial charge in [0.2, 0.25) is 0 Å². The molecule has 0 bridgehead atoms. The minimum Gasteiger partial charge on any atom is -0.504 e. The largest absolute Gasteiger partial charge is 0.504 e. The summed E-state index contributed by atoms with van der Waals surface area (Å²) < 4.78 is 4.99. The molecule has 0 unspecified atom stereocenters. The molecule has 4 heteroatoms. The molecule has 0 fully saturated rings. The zero-order chi connectivity index (χ0) is 10.9. The Hall–Kier alpha value is -0.930. The van der Waals surface area contributed by atoms with Crippen LogP contribution in [-0.2, 0) is 5.60 Å². The molecule has 0 saturated heterocycles. The van der Waals surface area contributed by atoms with Gasteiger partial charge in [-0.3, -0.25) is 0 Å². The van der Waals surface area contributed by atoms with E-state index in [4.69, 9.17) is 16.3 Å². The van der Waals surface area contributed by atoms with Crippen molar-refractivity contribution in [2.45, 2.75) is 19.4 Å². The van der Waals surface area contributed by atoms with Crippen LogP contribution in [0.4, 0.5) is 0 Å². The first-order valence-corrected chi connectivity index (χ1v) is 4.54. The molecular formula is C10H13ClO3. The van der Waals surface area contributed by atoms with E-state index < -0.39 is 5.60 Å². The van der Waals surface area contributed by atoms with Crippen LogP contribution >= 0.6 is 11.6 Å². The number of ether oxygens (including phenoxy) is 1. The van der Waals surface area contributed by atoms with Crippen LogP contribution in [0.1, 0.15) is 19.4 Å². The van der Waals surface area contributed by atoms with Gasteiger partial charge in [0.15, 0.2) is 11.5 Å². The number of methoxy groups -OCH3 is 1. The van der Waals surface area contributed by atoms with Crippen LogP contribution in [0.2, 0.25) is 5.02 Å². The molecule has 0 amide bonds. The number of benzene rings is 1. The Bertz CT molecular complexity index is 342. The molecule has 0 aliphatic rings. The number of halogens is 1. The van der Waals surface area contributed by atoms with Crippen molar-refractivity contribution in [1.82, 2.24) is 0 Å². The number of aliphatic hydroxyl groups is 1. The van der Waals surface area contributed by atoms with Gasteiger partial charge in [-0.1, -0.05) is 11.6 Å². The number of aromatic hydroxyl groups is 1. The van der Waals surface area contributed by atoms with Gasteiger partial charge in [-0.2, -0.15) is 0 Å². The molecule has 0 saturated carbocycles. The molecule has 1 aromatic carbocycles. The fourth-order valence-electron chi connectivity index (χ4n) is 1.32. The second-order valence-electron chi connectivity index (χ2n) is 3.53. The fourth-order valence-corrected chi connectivity index (χ4v) is 1.70. The topological polar surface area (TPSA) is 49.7 Å². The molecule has 3 nitrogen and oxygen atoms in total. The van der Waals surface area contributed by atoms with Crippen molar-refractivity contribution in [3.63, 3.8) is 0 Å². The van der Waals surface area contributed by atoms with E-state index in [0.29, 0.717) is 10.6 Å². The highest BCUT2D eigenvalue weighted by molar-refractivity contribution is 6.31. The fraction of sp³-hybridized carbons (Fsp3) is 0.400. The summed E-state index contributed by atoms with van der Waals surface area (Å²) in [6.45, 7) is 3.16. The predicted octanol–water partition coefficient (Wildman–Crippen LogP) is 2.28. The number of hydrogen-bond donors (Lipinski definition) is 2. The Morgan fingerprint density at radius 2 is 1.93 bits per heavy atom. The van der Waals surface area contributed by atoms with Crippen molar-refractivity contribution in [2.75, 3.05) is 7.11 Å². The Kier molecular flexibility index (Phi) is 2.92. The summed E-state index contributed by atoms with van der Waals surface area (Å²) >= 11 is 5.91. The van der Waals surface area contributed by atoms with E-state index in [1.165, 1.54) is 19.2 Å². The number of phenolic OH excluding ortho intramolecular Hbond substituents is 1. The monoisotopic (exact) mass is 216 g/mol. The van der Waals surface area contributed by atoms with E-state index in [0.717, 1.165) is 0 Å². The summed E-state index contributed by atoms with van der Waals surface area (Å²) in [5.74, 6) is 0.180. The van der Waals surface area contributed by atoms with Crippen LogP contribution < -0.4 is 4.74 Å². The smallest absolute Gasteiger partial charge is 0.168 e. The predicted molar refractivity (Wildman–Crippen MR) is 54.9 cm³/mol. The second kappa shape index (κ2) is 3.67. The third-order valence-corrected chi connectivity index (χ3v) is 2.22. The molecule has 0 heterocycles. The van der Waals surface area contributed by atoms with Crippen LogP contribution in [0.5, 0.6) is 11.5 Å². The first-order chi connectivity index (χ1) is 6.38. The summed E-state index contributed by atoms with van der Waals surface area (Å²) in [6.07, 6.45) is 0. The van der Waals surface area contributed by atoms with E-state index in [2.05, 4.69) is 0 Å². The summed E-state index contributed by atoms with van der Waals surface area (Å²) in [4.78, 5) is 0. The van der Waals surface area contributed by atoms with E-state index in [-0.39, 0.29) is 11.5 Å². The van der Waals surface area contributed by atoms with Crippen molar-refractivity contribution in [3.05, 3.63) is 22.7 Å². The lowest BCUT2D eigenvalue weighted by Gasteiger charge is -2.22. The zero-order valence-corrected chi connectivity index (χ0v) is 9.09. The van der Waals surface area contributed by atoms with Crippen LogP contribution in [0, 0.1) is 0 Å². The molecule has 0 aliphatic carbocycles.